The number of carbonyl (C=O) groups is 1. The maximum atomic E-state index is 10.6. The average molecular weight is 277 g/mol. The smallest absolute Gasteiger partial charge is 0.328 e. The second kappa shape index (κ2) is 9.28. The highest BCUT2D eigenvalue weighted by molar-refractivity contribution is 5.85. The molecule has 0 aromatic heterocycles. The molecule has 0 saturated heterocycles. The number of carboxylic acids is 1. The Balaban J connectivity index is 2.49. The predicted molar refractivity (Wildman–Crippen MR) is 80.6 cm³/mol. The number of nitrogens with zero attached hydrogens (tertiary/aromatic N) is 1. The lowest BCUT2D eigenvalue weighted by molar-refractivity contribution is -0.131. The van der Waals surface area contributed by atoms with Crippen LogP contribution in [-0.4, -0.2) is 42.2 Å². The van der Waals surface area contributed by atoms with Gasteiger partial charge in [0.05, 0.1) is 13.2 Å². The third-order valence-corrected chi connectivity index (χ3v) is 3.16. The van der Waals surface area contributed by atoms with Gasteiger partial charge in [-0.05, 0) is 30.3 Å². The van der Waals surface area contributed by atoms with Crippen LogP contribution in [0.5, 0.6) is 0 Å². The molecule has 4 nitrogen and oxygen atoms in total. The summed E-state index contributed by atoms with van der Waals surface area (Å²) < 4.78 is 5.68. The summed E-state index contributed by atoms with van der Waals surface area (Å²) in [4.78, 5) is 12.9. The normalized spacial score (nSPS) is 11.3. The van der Waals surface area contributed by atoms with Crippen LogP contribution in [-0.2, 0) is 16.1 Å². The predicted octanol–water partition coefficient (Wildman–Crippen LogP) is 2.64. The van der Waals surface area contributed by atoms with Crippen molar-refractivity contribution in [3.05, 3.63) is 41.5 Å². The molecule has 0 heterocycles. The topological polar surface area (TPSA) is 49.8 Å². The van der Waals surface area contributed by atoms with Crippen molar-refractivity contribution in [1.29, 1.82) is 0 Å². The van der Waals surface area contributed by atoms with Gasteiger partial charge in [-0.25, -0.2) is 4.79 Å². The Hall–Kier alpha value is -1.65. The van der Waals surface area contributed by atoms with Crippen LogP contribution in [0.3, 0.4) is 0 Å². The van der Waals surface area contributed by atoms with E-state index in [4.69, 9.17) is 9.84 Å². The molecular weight excluding hydrogens is 254 g/mol. The van der Waals surface area contributed by atoms with Crippen LogP contribution in [0.2, 0.25) is 0 Å². The number of rotatable bonds is 9. The van der Waals surface area contributed by atoms with Gasteiger partial charge in [-0.2, -0.15) is 0 Å². The Morgan fingerprint density at radius 1 is 1.30 bits per heavy atom. The van der Waals surface area contributed by atoms with Crippen LogP contribution in [0.15, 0.2) is 30.3 Å². The van der Waals surface area contributed by atoms with E-state index in [1.54, 1.807) is 6.08 Å². The zero-order valence-corrected chi connectivity index (χ0v) is 12.2. The van der Waals surface area contributed by atoms with E-state index < -0.39 is 5.97 Å². The average Bonchev–Trinajstić information content (AvgIpc) is 2.46. The van der Waals surface area contributed by atoms with Gasteiger partial charge in [0.15, 0.2) is 0 Å². The molecule has 4 heteroatoms. The van der Waals surface area contributed by atoms with Crippen LogP contribution >= 0.6 is 0 Å². The molecule has 0 amide bonds. The van der Waals surface area contributed by atoms with E-state index in [-0.39, 0.29) is 0 Å². The molecule has 1 aromatic rings. The lowest BCUT2D eigenvalue weighted by Crippen LogP contribution is -2.27. The summed E-state index contributed by atoms with van der Waals surface area (Å²) in [5.41, 5.74) is 1.89. The fourth-order valence-electron chi connectivity index (χ4n) is 1.90. The Bertz CT molecular complexity index is 439. The van der Waals surface area contributed by atoms with Crippen molar-refractivity contribution in [2.75, 3.05) is 26.2 Å². The van der Waals surface area contributed by atoms with Crippen molar-refractivity contribution in [3.8, 4) is 0 Å². The first kappa shape index (κ1) is 16.4. The number of likely N-dealkylation sites (N-methyl/N-ethyl adjacent to an activating group) is 1. The van der Waals surface area contributed by atoms with Gasteiger partial charge in [0, 0.05) is 12.6 Å². The molecule has 0 bridgehead atoms. The molecule has 0 spiro atoms. The van der Waals surface area contributed by atoms with Crippen molar-refractivity contribution in [1.82, 2.24) is 4.90 Å². The fraction of sp³-hybridized carbons (Fsp3) is 0.438. The number of benzene rings is 1. The third kappa shape index (κ3) is 5.99. The highest BCUT2D eigenvalue weighted by Crippen LogP contribution is 2.12. The number of aliphatic carboxylic acids is 1. The minimum absolute atomic E-state index is 0.501. The van der Waals surface area contributed by atoms with E-state index in [1.807, 2.05) is 24.3 Å². The van der Waals surface area contributed by atoms with Gasteiger partial charge in [-0.3, -0.25) is 0 Å². The molecule has 0 unspecified atom stereocenters. The fourth-order valence-corrected chi connectivity index (χ4v) is 1.90. The lowest BCUT2D eigenvalue weighted by Gasteiger charge is -2.17. The maximum Gasteiger partial charge on any atom is 0.328 e. The van der Waals surface area contributed by atoms with E-state index in [2.05, 4.69) is 18.7 Å². The molecule has 0 aliphatic rings. The van der Waals surface area contributed by atoms with Gasteiger partial charge >= 0.3 is 5.97 Å². The Morgan fingerprint density at radius 3 is 2.65 bits per heavy atom. The first-order valence-corrected chi connectivity index (χ1v) is 6.96. The molecule has 0 aliphatic heterocycles. The summed E-state index contributed by atoms with van der Waals surface area (Å²) in [7, 11) is 0. The van der Waals surface area contributed by atoms with Crippen molar-refractivity contribution < 1.29 is 14.6 Å². The minimum atomic E-state index is -0.942. The SMILES string of the molecule is CCN(CC)CCOCc1ccccc1C=CC(=O)O. The Labute approximate surface area is 120 Å². The Morgan fingerprint density at radius 2 is 2.00 bits per heavy atom. The molecule has 1 aromatic carbocycles. The number of hydrogen-bond acceptors (Lipinski definition) is 3. The second-order valence-electron chi connectivity index (χ2n) is 4.45. The van der Waals surface area contributed by atoms with Crippen molar-refractivity contribution in [2.24, 2.45) is 0 Å². The molecule has 1 N–H and O–H groups in total. The van der Waals surface area contributed by atoms with Gasteiger partial charge in [0.25, 0.3) is 0 Å². The molecule has 20 heavy (non-hydrogen) atoms. The van der Waals surface area contributed by atoms with E-state index in [9.17, 15) is 4.79 Å². The van der Waals surface area contributed by atoms with E-state index >= 15 is 0 Å². The van der Waals surface area contributed by atoms with Gasteiger partial charge in [0.2, 0.25) is 0 Å². The van der Waals surface area contributed by atoms with Gasteiger partial charge in [-0.15, -0.1) is 0 Å². The van der Waals surface area contributed by atoms with Gasteiger partial charge in [0.1, 0.15) is 0 Å². The molecule has 110 valence electrons. The summed E-state index contributed by atoms with van der Waals surface area (Å²) in [6, 6.07) is 7.67. The summed E-state index contributed by atoms with van der Waals surface area (Å²) in [6.07, 6.45) is 2.75. The summed E-state index contributed by atoms with van der Waals surface area (Å²) in [6.45, 7) is 8.42. The highest BCUT2D eigenvalue weighted by atomic mass is 16.5. The molecule has 0 atom stereocenters. The number of ether oxygens (including phenoxy) is 1. The first-order valence-electron chi connectivity index (χ1n) is 6.96. The van der Waals surface area contributed by atoms with Crippen LogP contribution in [0.1, 0.15) is 25.0 Å². The quantitative estimate of drug-likeness (QED) is 0.557. The van der Waals surface area contributed by atoms with Crippen LogP contribution < -0.4 is 0 Å². The zero-order chi connectivity index (χ0) is 14.8. The van der Waals surface area contributed by atoms with Crippen molar-refractivity contribution in [2.45, 2.75) is 20.5 Å². The van der Waals surface area contributed by atoms with E-state index in [0.717, 1.165) is 36.8 Å². The molecule has 0 radical (unpaired) electrons. The number of hydrogen-bond donors (Lipinski definition) is 1. The molecular formula is C16H23NO3. The highest BCUT2D eigenvalue weighted by Gasteiger charge is 2.01. The van der Waals surface area contributed by atoms with Crippen LogP contribution in [0.25, 0.3) is 6.08 Å². The van der Waals surface area contributed by atoms with Crippen molar-refractivity contribution in [3.63, 3.8) is 0 Å². The molecule has 0 saturated carbocycles. The van der Waals surface area contributed by atoms with Gasteiger partial charge < -0.3 is 14.7 Å². The summed E-state index contributed by atoms with van der Waals surface area (Å²) in [5.74, 6) is -0.942. The lowest BCUT2D eigenvalue weighted by atomic mass is 10.1. The van der Waals surface area contributed by atoms with Gasteiger partial charge in [-0.1, -0.05) is 38.1 Å². The van der Waals surface area contributed by atoms with Crippen molar-refractivity contribution >= 4 is 12.0 Å². The largest absolute Gasteiger partial charge is 0.478 e. The molecule has 0 fully saturated rings. The molecule has 1 rings (SSSR count). The Kier molecular flexibility index (Phi) is 7.62. The van der Waals surface area contributed by atoms with Crippen LogP contribution in [0, 0.1) is 0 Å². The first-order chi connectivity index (χ1) is 9.67. The van der Waals surface area contributed by atoms with E-state index in [1.165, 1.54) is 0 Å². The maximum absolute atomic E-state index is 10.6. The molecule has 0 aliphatic carbocycles. The van der Waals surface area contributed by atoms with Crippen LogP contribution in [0.4, 0.5) is 0 Å². The monoisotopic (exact) mass is 277 g/mol. The second-order valence-corrected chi connectivity index (χ2v) is 4.45. The standard InChI is InChI=1S/C16H23NO3/c1-3-17(4-2)11-12-20-13-15-8-6-5-7-14(15)9-10-16(18)19/h5-10H,3-4,11-13H2,1-2H3,(H,18,19). The minimum Gasteiger partial charge on any atom is -0.478 e. The zero-order valence-electron chi connectivity index (χ0n) is 12.2. The number of carboxylic acid groups (broad SMARTS) is 1. The summed E-state index contributed by atoms with van der Waals surface area (Å²) in [5, 5.41) is 8.67. The van der Waals surface area contributed by atoms with E-state index in [0.29, 0.717) is 13.2 Å². The third-order valence-electron chi connectivity index (χ3n) is 3.16. The summed E-state index contributed by atoms with van der Waals surface area (Å²) >= 11 is 0.